The third kappa shape index (κ3) is 5.35. The molecule has 0 saturated carbocycles. The summed E-state index contributed by atoms with van der Waals surface area (Å²) in [6, 6.07) is 10.3. The highest BCUT2D eigenvalue weighted by molar-refractivity contribution is 5.52. The van der Waals surface area contributed by atoms with Gasteiger partial charge in [0.15, 0.2) is 0 Å². The predicted octanol–water partition coefficient (Wildman–Crippen LogP) is 2.06. The Labute approximate surface area is 91.6 Å². The first-order valence-electron chi connectivity index (χ1n) is 5.36. The molecule has 1 aromatic rings. The molecule has 0 unspecified atom stereocenters. The van der Waals surface area contributed by atoms with Gasteiger partial charge >= 0.3 is 0 Å². The average molecular weight is 205 g/mol. The Morgan fingerprint density at radius 3 is 2.73 bits per heavy atom. The van der Waals surface area contributed by atoms with E-state index in [2.05, 4.69) is 30.4 Å². The maximum absolute atomic E-state index is 8.61. The van der Waals surface area contributed by atoms with Gasteiger partial charge in [0.2, 0.25) is 0 Å². The molecule has 82 valence electrons. The van der Waals surface area contributed by atoms with E-state index < -0.39 is 0 Å². The van der Waals surface area contributed by atoms with Crippen LogP contribution in [0.1, 0.15) is 18.9 Å². The average Bonchev–Trinajstić information content (AvgIpc) is 2.26. The molecular formula is C13H19NO. The van der Waals surface area contributed by atoms with E-state index in [4.69, 9.17) is 5.11 Å². The molecule has 0 aliphatic rings. The van der Waals surface area contributed by atoms with Crippen LogP contribution in [0, 0.1) is 0 Å². The Bertz CT molecular complexity index is 293. The van der Waals surface area contributed by atoms with Crippen molar-refractivity contribution in [3.05, 3.63) is 41.5 Å². The van der Waals surface area contributed by atoms with Gasteiger partial charge in [-0.25, -0.2) is 0 Å². The number of benzene rings is 1. The van der Waals surface area contributed by atoms with E-state index in [1.807, 2.05) is 18.2 Å². The second-order valence-electron chi connectivity index (χ2n) is 3.66. The molecule has 0 amide bonds. The van der Waals surface area contributed by atoms with Crippen LogP contribution in [0.25, 0.3) is 6.08 Å². The maximum Gasteiger partial charge on any atom is 0.0443 e. The van der Waals surface area contributed by atoms with Crippen LogP contribution in [0.15, 0.2) is 35.9 Å². The Balaban J connectivity index is 2.33. The van der Waals surface area contributed by atoms with Crippen LogP contribution in [0.3, 0.4) is 0 Å². The lowest BCUT2D eigenvalue weighted by atomic mass is 10.1. The van der Waals surface area contributed by atoms with E-state index in [0.717, 1.165) is 19.5 Å². The molecule has 0 aromatic heterocycles. The smallest absolute Gasteiger partial charge is 0.0443 e. The summed E-state index contributed by atoms with van der Waals surface area (Å²) in [5, 5.41) is 11.9. The van der Waals surface area contributed by atoms with Gasteiger partial charge in [-0.2, -0.15) is 0 Å². The molecule has 0 bridgehead atoms. The van der Waals surface area contributed by atoms with E-state index in [9.17, 15) is 0 Å². The molecule has 2 N–H and O–H groups in total. The summed E-state index contributed by atoms with van der Waals surface area (Å²) in [5.41, 5.74) is 2.54. The highest BCUT2D eigenvalue weighted by Crippen LogP contribution is 2.04. The molecule has 0 spiro atoms. The van der Waals surface area contributed by atoms with Crippen molar-refractivity contribution in [2.45, 2.75) is 13.3 Å². The standard InChI is InChI=1S/C13H19NO/c1-12(11-14-8-5-9-15)10-13-6-3-2-4-7-13/h2-4,6-7,10,14-15H,5,8-9,11H2,1H3. The minimum absolute atomic E-state index is 0.258. The maximum atomic E-state index is 8.61. The number of hydrogen-bond acceptors (Lipinski definition) is 2. The zero-order valence-corrected chi connectivity index (χ0v) is 9.24. The van der Waals surface area contributed by atoms with Crippen LogP contribution in [-0.2, 0) is 0 Å². The summed E-state index contributed by atoms with van der Waals surface area (Å²) in [6.07, 6.45) is 2.99. The second kappa shape index (κ2) is 7.21. The van der Waals surface area contributed by atoms with Crippen molar-refractivity contribution in [1.29, 1.82) is 0 Å². The summed E-state index contributed by atoms with van der Waals surface area (Å²) in [7, 11) is 0. The van der Waals surface area contributed by atoms with Gasteiger partial charge in [-0.3, -0.25) is 0 Å². The first kappa shape index (κ1) is 12.0. The summed E-state index contributed by atoms with van der Waals surface area (Å²) >= 11 is 0. The van der Waals surface area contributed by atoms with Gasteiger partial charge in [0.1, 0.15) is 0 Å². The van der Waals surface area contributed by atoms with Crippen LogP contribution < -0.4 is 5.32 Å². The lowest BCUT2D eigenvalue weighted by molar-refractivity contribution is 0.287. The number of rotatable bonds is 6. The molecule has 0 atom stereocenters. The molecule has 0 aliphatic carbocycles. The van der Waals surface area contributed by atoms with Crippen LogP contribution in [0.2, 0.25) is 0 Å². The lowest BCUT2D eigenvalue weighted by Gasteiger charge is -2.03. The molecule has 1 aromatic carbocycles. The van der Waals surface area contributed by atoms with Crippen molar-refractivity contribution >= 4 is 6.08 Å². The monoisotopic (exact) mass is 205 g/mol. The largest absolute Gasteiger partial charge is 0.396 e. The van der Waals surface area contributed by atoms with E-state index >= 15 is 0 Å². The van der Waals surface area contributed by atoms with Gasteiger partial charge in [-0.15, -0.1) is 0 Å². The molecule has 0 saturated heterocycles. The van der Waals surface area contributed by atoms with E-state index in [1.54, 1.807) is 0 Å². The summed E-state index contributed by atoms with van der Waals surface area (Å²) in [5.74, 6) is 0. The molecule has 0 fully saturated rings. The first-order valence-corrected chi connectivity index (χ1v) is 5.36. The number of nitrogens with one attached hydrogen (secondary N) is 1. The third-order valence-electron chi connectivity index (χ3n) is 2.13. The molecule has 1 rings (SSSR count). The number of aliphatic hydroxyl groups excluding tert-OH is 1. The first-order chi connectivity index (χ1) is 7.33. The Kier molecular flexibility index (Phi) is 5.74. The quantitative estimate of drug-likeness (QED) is 0.697. The normalized spacial score (nSPS) is 11.7. The van der Waals surface area contributed by atoms with E-state index in [-0.39, 0.29) is 6.61 Å². The van der Waals surface area contributed by atoms with Crippen molar-refractivity contribution in [3.63, 3.8) is 0 Å². The summed E-state index contributed by atoms with van der Waals surface area (Å²) < 4.78 is 0. The van der Waals surface area contributed by atoms with Gasteiger partial charge in [-0.1, -0.05) is 42.0 Å². The molecular weight excluding hydrogens is 186 g/mol. The summed E-state index contributed by atoms with van der Waals surface area (Å²) in [4.78, 5) is 0. The predicted molar refractivity (Wildman–Crippen MR) is 64.7 cm³/mol. The highest BCUT2D eigenvalue weighted by atomic mass is 16.3. The molecule has 0 radical (unpaired) electrons. The van der Waals surface area contributed by atoms with Crippen LogP contribution in [-0.4, -0.2) is 24.8 Å². The minimum atomic E-state index is 0.258. The topological polar surface area (TPSA) is 32.3 Å². The van der Waals surface area contributed by atoms with Gasteiger partial charge in [0.05, 0.1) is 0 Å². The molecule has 2 nitrogen and oxygen atoms in total. The third-order valence-corrected chi connectivity index (χ3v) is 2.13. The number of aliphatic hydroxyl groups is 1. The second-order valence-corrected chi connectivity index (χ2v) is 3.66. The Morgan fingerprint density at radius 1 is 1.33 bits per heavy atom. The van der Waals surface area contributed by atoms with Crippen LogP contribution >= 0.6 is 0 Å². The SMILES string of the molecule is CC(=Cc1ccccc1)CNCCCO. The van der Waals surface area contributed by atoms with Gasteiger partial charge < -0.3 is 10.4 Å². The van der Waals surface area contributed by atoms with E-state index in [0.29, 0.717) is 0 Å². The fourth-order valence-electron chi connectivity index (χ4n) is 1.37. The molecule has 2 heteroatoms. The Morgan fingerprint density at radius 2 is 2.07 bits per heavy atom. The molecule has 0 heterocycles. The van der Waals surface area contributed by atoms with Crippen LogP contribution in [0.5, 0.6) is 0 Å². The van der Waals surface area contributed by atoms with Crippen molar-refractivity contribution < 1.29 is 5.11 Å². The molecule has 15 heavy (non-hydrogen) atoms. The fraction of sp³-hybridized carbons (Fsp3) is 0.385. The van der Waals surface area contributed by atoms with Crippen LogP contribution in [0.4, 0.5) is 0 Å². The Hall–Kier alpha value is -1.12. The van der Waals surface area contributed by atoms with Crippen molar-refractivity contribution in [1.82, 2.24) is 5.32 Å². The van der Waals surface area contributed by atoms with Gasteiger partial charge in [0.25, 0.3) is 0 Å². The minimum Gasteiger partial charge on any atom is -0.396 e. The van der Waals surface area contributed by atoms with E-state index in [1.165, 1.54) is 11.1 Å². The number of hydrogen-bond donors (Lipinski definition) is 2. The fourth-order valence-corrected chi connectivity index (χ4v) is 1.37. The van der Waals surface area contributed by atoms with Gasteiger partial charge in [-0.05, 0) is 25.5 Å². The van der Waals surface area contributed by atoms with Crippen molar-refractivity contribution in [2.75, 3.05) is 19.7 Å². The lowest BCUT2D eigenvalue weighted by Crippen LogP contribution is -2.18. The van der Waals surface area contributed by atoms with Crippen molar-refractivity contribution in [2.24, 2.45) is 0 Å². The zero-order valence-electron chi connectivity index (χ0n) is 9.24. The summed E-state index contributed by atoms with van der Waals surface area (Å²) in [6.45, 7) is 4.12. The molecule has 0 aliphatic heterocycles. The highest BCUT2D eigenvalue weighted by Gasteiger charge is 1.91. The zero-order chi connectivity index (χ0) is 10.9. The van der Waals surface area contributed by atoms with Crippen molar-refractivity contribution in [3.8, 4) is 0 Å². The van der Waals surface area contributed by atoms with Gasteiger partial charge in [0, 0.05) is 13.2 Å².